The number of carboxylic acid groups (broad SMARTS) is 1. The Labute approximate surface area is 125 Å². The summed E-state index contributed by atoms with van der Waals surface area (Å²) in [6, 6.07) is 14.4. The van der Waals surface area contributed by atoms with Crippen molar-refractivity contribution in [1.82, 2.24) is 4.98 Å². The van der Waals surface area contributed by atoms with Crippen LogP contribution in [0.5, 0.6) is 0 Å². The predicted octanol–water partition coefficient (Wildman–Crippen LogP) is 4.08. The fourth-order valence-corrected chi connectivity index (χ4v) is 4.17. The zero-order valence-electron chi connectivity index (χ0n) is 11.2. The van der Waals surface area contributed by atoms with Crippen LogP contribution in [0, 0.1) is 0 Å². The van der Waals surface area contributed by atoms with Crippen LogP contribution in [-0.4, -0.2) is 16.1 Å². The first kappa shape index (κ1) is 12.5. The Morgan fingerprint density at radius 3 is 2.86 bits per heavy atom. The van der Waals surface area contributed by atoms with Crippen molar-refractivity contribution >= 4 is 28.1 Å². The molecule has 104 valence electrons. The van der Waals surface area contributed by atoms with Crippen molar-refractivity contribution in [2.45, 2.75) is 18.8 Å². The topological polar surface area (TPSA) is 50.2 Å². The largest absolute Gasteiger partial charge is 0.481 e. The fourth-order valence-electron chi connectivity index (χ4n) is 2.99. The molecule has 0 aliphatic heterocycles. The predicted molar refractivity (Wildman–Crippen MR) is 83.8 cm³/mol. The number of aryl methyl sites for hydroxylation is 1. The van der Waals surface area contributed by atoms with E-state index >= 15 is 0 Å². The summed E-state index contributed by atoms with van der Waals surface area (Å²) >= 11 is 1.64. The first-order chi connectivity index (χ1) is 10.2. The number of carbonyl (C=O) groups is 1. The number of hydrogen-bond acceptors (Lipinski definition) is 3. The number of thiazole rings is 1. The molecule has 0 spiro atoms. The number of fused-ring (bicyclic) bond motifs is 2. The van der Waals surface area contributed by atoms with E-state index in [1.165, 1.54) is 10.8 Å². The second kappa shape index (κ2) is 4.67. The zero-order chi connectivity index (χ0) is 14.4. The minimum absolute atomic E-state index is 0.431. The second-order valence-electron chi connectivity index (χ2n) is 5.28. The van der Waals surface area contributed by atoms with Crippen LogP contribution in [0.15, 0.2) is 42.5 Å². The highest BCUT2D eigenvalue weighted by atomic mass is 32.1. The lowest BCUT2D eigenvalue weighted by molar-refractivity contribution is -0.138. The van der Waals surface area contributed by atoms with Crippen LogP contribution in [0.4, 0.5) is 0 Å². The Balaban J connectivity index is 1.88. The molecule has 0 saturated heterocycles. The van der Waals surface area contributed by atoms with Crippen molar-refractivity contribution in [1.29, 1.82) is 0 Å². The van der Waals surface area contributed by atoms with Crippen molar-refractivity contribution in [3.8, 4) is 10.6 Å². The van der Waals surface area contributed by atoms with Crippen molar-refractivity contribution in [2.24, 2.45) is 0 Å². The van der Waals surface area contributed by atoms with E-state index in [0.717, 1.165) is 27.6 Å². The molecule has 3 nitrogen and oxygen atoms in total. The molecule has 2 aromatic carbocycles. The van der Waals surface area contributed by atoms with Crippen molar-refractivity contribution < 1.29 is 9.90 Å². The summed E-state index contributed by atoms with van der Waals surface area (Å²) in [5.74, 6) is -1.19. The number of carboxylic acids is 1. The molecule has 0 bridgehead atoms. The highest BCUT2D eigenvalue weighted by molar-refractivity contribution is 7.15. The average molecular weight is 295 g/mol. The smallest absolute Gasteiger partial charge is 0.312 e. The molecule has 1 heterocycles. The Morgan fingerprint density at radius 1 is 1.19 bits per heavy atom. The lowest BCUT2D eigenvalue weighted by Crippen LogP contribution is -2.08. The maximum absolute atomic E-state index is 11.3. The van der Waals surface area contributed by atoms with E-state index in [9.17, 15) is 9.90 Å². The molecule has 0 saturated carbocycles. The van der Waals surface area contributed by atoms with Gasteiger partial charge in [0, 0.05) is 10.4 Å². The van der Waals surface area contributed by atoms with Gasteiger partial charge in [0.15, 0.2) is 0 Å². The molecule has 0 amide bonds. The van der Waals surface area contributed by atoms with Crippen LogP contribution in [0.3, 0.4) is 0 Å². The van der Waals surface area contributed by atoms with Crippen LogP contribution in [0.25, 0.3) is 21.3 Å². The minimum Gasteiger partial charge on any atom is -0.481 e. The Morgan fingerprint density at radius 2 is 2.00 bits per heavy atom. The standard InChI is InChI=1S/C17H13NO2S/c19-17(20)13-8-9-14-15(13)18-16(21-14)12-7-3-5-10-4-1-2-6-11(10)12/h1-7,13H,8-9H2,(H,19,20). The molecule has 1 aliphatic carbocycles. The van der Waals surface area contributed by atoms with Crippen molar-refractivity contribution in [3.05, 3.63) is 53.0 Å². The van der Waals surface area contributed by atoms with Gasteiger partial charge < -0.3 is 5.11 Å². The first-order valence-electron chi connectivity index (χ1n) is 6.94. The van der Waals surface area contributed by atoms with Gasteiger partial charge in [0.1, 0.15) is 10.9 Å². The number of hydrogen-bond donors (Lipinski definition) is 1. The van der Waals surface area contributed by atoms with Crippen LogP contribution >= 0.6 is 11.3 Å². The molecule has 21 heavy (non-hydrogen) atoms. The van der Waals surface area contributed by atoms with E-state index in [2.05, 4.69) is 29.2 Å². The number of rotatable bonds is 2. The van der Waals surface area contributed by atoms with Crippen molar-refractivity contribution in [2.75, 3.05) is 0 Å². The van der Waals surface area contributed by atoms with Gasteiger partial charge in [-0.25, -0.2) is 4.98 Å². The summed E-state index contributed by atoms with van der Waals surface area (Å²) in [4.78, 5) is 17.1. The Kier molecular flexibility index (Phi) is 2.79. The van der Waals surface area contributed by atoms with Crippen LogP contribution in [0.2, 0.25) is 0 Å². The molecular weight excluding hydrogens is 282 g/mol. The average Bonchev–Trinajstić information content (AvgIpc) is 3.06. The lowest BCUT2D eigenvalue weighted by Gasteiger charge is -2.04. The molecule has 1 aromatic heterocycles. The fraction of sp³-hybridized carbons (Fsp3) is 0.176. The zero-order valence-corrected chi connectivity index (χ0v) is 12.1. The summed E-state index contributed by atoms with van der Waals surface area (Å²) in [6.45, 7) is 0. The minimum atomic E-state index is -0.761. The van der Waals surface area contributed by atoms with Gasteiger partial charge in [-0.3, -0.25) is 4.79 Å². The molecule has 1 N–H and O–H groups in total. The van der Waals surface area contributed by atoms with Gasteiger partial charge >= 0.3 is 5.97 Å². The summed E-state index contributed by atoms with van der Waals surface area (Å²) < 4.78 is 0. The summed E-state index contributed by atoms with van der Waals surface area (Å²) in [7, 11) is 0. The quantitative estimate of drug-likeness (QED) is 0.775. The van der Waals surface area contributed by atoms with Gasteiger partial charge in [0.25, 0.3) is 0 Å². The number of nitrogens with zero attached hydrogens (tertiary/aromatic N) is 1. The van der Waals surface area contributed by atoms with Gasteiger partial charge in [-0.15, -0.1) is 11.3 Å². The van der Waals surface area contributed by atoms with E-state index in [1.54, 1.807) is 11.3 Å². The van der Waals surface area contributed by atoms with Crippen molar-refractivity contribution in [3.63, 3.8) is 0 Å². The third-order valence-electron chi connectivity index (χ3n) is 4.04. The molecule has 0 radical (unpaired) electrons. The third-order valence-corrected chi connectivity index (χ3v) is 5.20. The molecule has 1 aliphatic rings. The number of aliphatic carboxylic acids is 1. The maximum Gasteiger partial charge on any atom is 0.312 e. The molecule has 0 fully saturated rings. The Bertz CT molecular complexity index is 848. The van der Waals surface area contributed by atoms with Crippen LogP contribution in [0.1, 0.15) is 22.9 Å². The van der Waals surface area contributed by atoms with E-state index < -0.39 is 11.9 Å². The van der Waals surface area contributed by atoms with E-state index in [1.807, 2.05) is 18.2 Å². The number of benzene rings is 2. The third kappa shape index (κ3) is 1.94. The van der Waals surface area contributed by atoms with Crippen LogP contribution < -0.4 is 0 Å². The van der Waals surface area contributed by atoms with E-state index in [-0.39, 0.29) is 0 Å². The highest BCUT2D eigenvalue weighted by Gasteiger charge is 2.32. The van der Waals surface area contributed by atoms with E-state index in [0.29, 0.717) is 6.42 Å². The van der Waals surface area contributed by atoms with E-state index in [4.69, 9.17) is 0 Å². The number of aromatic nitrogens is 1. The second-order valence-corrected chi connectivity index (χ2v) is 6.37. The highest BCUT2D eigenvalue weighted by Crippen LogP contribution is 2.41. The summed E-state index contributed by atoms with van der Waals surface area (Å²) in [5, 5.41) is 12.6. The van der Waals surface area contributed by atoms with Gasteiger partial charge in [-0.1, -0.05) is 42.5 Å². The maximum atomic E-state index is 11.3. The SMILES string of the molecule is O=C(O)C1CCc2sc(-c3cccc4ccccc34)nc21. The molecule has 4 heteroatoms. The van der Waals surface area contributed by atoms with Gasteiger partial charge in [-0.05, 0) is 23.6 Å². The van der Waals surface area contributed by atoms with Gasteiger partial charge in [0.05, 0.1) is 5.69 Å². The summed E-state index contributed by atoms with van der Waals surface area (Å²) in [6.07, 6.45) is 1.51. The lowest BCUT2D eigenvalue weighted by atomic mass is 10.0. The Hall–Kier alpha value is -2.20. The normalized spacial score (nSPS) is 17.0. The molecule has 1 atom stereocenters. The molecule has 1 unspecified atom stereocenters. The van der Waals surface area contributed by atoms with Crippen LogP contribution in [-0.2, 0) is 11.2 Å². The van der Waals surface area contributed by atoms with Gasteiger partial charge in [0.2, 0.25) is 0 Å². The van der Waals surface area contributed by atoms with Gasteiger partial charge in [-0.2, -0.15) is 0 Å². The summed E-state index contributed by atoms with van der Waals surface area (Å²) in [5.41, 5.74) is 1.87. The monoisotopic (exact) mass is 295 g/mol. The first-order valence-corrected chi connectivity index (χ1v) is 7.76. The molecule has 3 aromatic rings. The molecular formula is C17H13NO2S. The molecule has 4 rings (SSSR count).